The van der Waals surface area contributed by atoms with Crippen molar-refractivity contribution < 1.29 is 29.1 Å². The summed E-state index contributed by atoms with van der Waals surface area (Å²) in [7, 11) is 1.78. The zero-order valence-electron chi connectivity index (χ0n) is 18.4. The number of aliphatic carboxylic acids is 1. The van der Waals surface area contributed by atoms with E-state index < -0.39 is 48.7 Å². The third-order valence-electron chi connectivity index (χ3n) is 5.74. The van der Waals surface area contributed by atoms with Crippen molar-refractivity contribution >= 4 is 29.5 Å². The fourth-order valence-electron chi connectivity index (χ4n) is 3.44. The second-order valence-corrected chi connectivity index (χ2v) is 8.15. The van der Waals surface area contributed by atoms with Gasteiger partial charge in [-0.1, -0.05) is 13.8 Å². The molecule has 1 saturated carbocycles. The van der Waals surface area contributed by atoms with E-state index in [4.69, 9.17) is 10.8 Å². The van der Waals surface area contributed by atoms with Crippen LogP contribution < -0.4 is 27.0 Å². The zero-order chi connectivity index (χ0) is 23.6. The van der Waals surface area contributed by atoms with Crippen LogP contribution in [0, 0.1) is 17.8 Å². The van der Waals surface area contributed by atoms with Crippen LogP contribution in [0.3, 0.4) is 0 Å². The summed E-state index contributed by atoms with van der Waals surface area (Å²) in [5.74, 6) is -2.83. The zero-order valence-corrected chi connectivity index (χ0v) is 18.4. The van der Waals surface area contributed by atoms with Gasteiger partial charge in [0.05, 0.1) is 25.6 Å². The molecule has 0 aliphatic heterocycles. The van der Waals surface area contributed by atoms with Crippen molar-refractivity contribution in [3.05, 3.63) is 0 Å². The molecule has 1 aliphatic carbocycles. The van der Waals surface area contributed by atoms with Gasteiger partial charge in [-0.25, -0.2) is 0 Å². The average molecular weight is 442 g/mol. The van der Waals surface area contributed by atoms with E-state index in [-0.39, 0.29) is 24.2 Å². The van der Waals surface area contributed by atoms with Crippen LogP contribution in [0.15, 0.2) is 0 Å². The van der Waals surface area contributed by atoms with Crippen LogP contribution in [0.25, 0.3) is 0 Å². The van der Waals surface area contributed by atoms with Gasteiger partial charge >= 0.3 is 5.97 Å². The summed E-state index contributed by atoms with van der Waals surface area (Å²) in [6.07, 6.45) is 1.24. The second-order valence-electron chi connectivity index (χ2n) is 8.15. The minimum atomic E-state index is -1.36. The average Bonchev–Trinajstić information content (AvgIpc) is 2.72. The molecule has 31 heavy (non-hydrogen) atoms. The number of carbonyl (C=O) groups excluding carboxylic acids is 4. The molecule has 0 heterocycles. The van der Waals surface area contributed by atoms with Crippen molar-refractivity contribution in [2.75, 3.05) is 26.7 Å². The van der Waals surface area contributed by atoms with E-state index in [1.807, 2.05) is 6.92 Å². The molecule has 0 aromatic carbocycles. The lowest BCUT2D eigenvalue weighted by Crippen LogP contribution is -2.53. The number of carbonyl (C=O) groups is 5. The molecule has 0 saturated heterocycles. The highest BCUT2D eigenvalue weighted by molar-refractivity contribution is 5.95. The molecule has 3 amide bonds. The molecule has 11 nitrogen and oxygen atoms in total. The number of ketones is 1. The number of carboxylic acids is 1. The lowest BCUT2D eigenvalue weighted by molar-refractivity contribution is -0.141. The maximum atomic E-state index is 12.3. The molecule has 0 radical (unpaired) electrons. The first-order valence-electron chi connectivity index (χ1n) is 10.6. The fraction of sp³-hybridized carbons (Fsp3) is 0.750. The van der Waals surface area contributed by atoms with E-state index >= 15 is 0 Å². The Hall–Kier alpha value is -2.53. The number of hydrogen-bond donors (Lipinski definition) is 6. The van der Waals surface area contributed by atoms with E-state index in [1.165, 1.54) is 0 Å². The Morgan fingerprint density at radius 3 is 2.26 bits per heavy atom. The lowest BCUT2D eigenvalue weighted by atomic mass is 9.65. The summed E-state index contributed by atoms with van der Waals surface area (Å²) in [6, 6.07) is -2.14. The summed E-state index contributed by atoms with van der Waals surface area (Å²) in [6.45, 7) is 4.07. The lowest BCUT2D eigenvalue weighted by Gasteiger charge is -2.39. The van der Waals surface area contributed by atoms with E-state index in [0.717, 1.165) is 6.42 Å². The summed E-state index contributed by atoms with van der Waals surface area (Å²) >= 11 is 0. The Bertz CT molecular complexity index is 670. The monoisotopic (exact) mass is 441 g/mol. The van der Waals surface area contributed by atoms with Crippen LogP contribution in [-0.2, 0) is 24.0 Å². The van der Waals surface area contributed by atoms with E-state index in [2.05, 4.69) is 28.2 Å². The highest BCUT2D eigenvalue weighted by atomic mass is 16.4. The molecule has 0 bridgehead atoms. The normalized spacial score (nSPS) is 21.9. The summed E-state index contributed by atoms with van der Waals surface area (Å²) in [5, 5.41) is 19.0. The highest BCUT2D eigenvalue weighted by Gasteiger charge is 2.39. The molecule has 0 aromatic rings. The smallest absolute Gasteiger partial charge is 0.305 e. The highest BCUT2D eigenvalue weighted by Crippen LogP contribution is 2.39. The predicted molar refractivity (Wildman–Crippen MR) is 113 cm³/mol. The third kappa shape index (κ3) is 9.01. The SMILES string of the molecule is CNCCCC(N)C(=O)NCC(=O)NC(CC(=O)O)C(=O)NCC(=O)C1CC(C)C1C. The van der Waals surface area contributed by atoms with Crippen molar-refractivity contribution in [2.45, 2.75) is 51.6 Å². The van der Waals surface area contributed by atoms with E-state index in [9.17, 15) is 24.0 Å². The van der Waals surface area contributed by atoms with Gasteiger partial charge in [0.1, 0.15) is 6.04 Å². The summed E-state index contributed by atoms with van der Waals surface area (Å²) in [5.41, 5.74) is 5.74. The Kier molecular flexibility index (Phi) is 11.1. The van der Waals surface area contributed by atoms with Crippen LogP contribution in [0.5, 0.6) is 0 Å². The van der Waals surface area contributed by atoms with Gasteiger partial charge in [0.15, 0.2) is 5.78 Å². The maximum Gasteiger partial charge on any atom is 0.305 e. The van der Waals surface area contributed by atoms with Crippen LogP contribution >= 0.6 is 0 Å². The molecule has 7 N–H and O–H groups in total. The molecule has 1 aliphatic rings. The van der Waals surface area contributed by atoms with Gasteiger partial charge in [-0.05, 0) is 44.7 Å². The van der Waals surface area contributed by atoms with Gasteiger partial charge in [0.2, 0.25) is 17.7 Å². The Morgan fingerprint density at radius 2 is 1.71 bits per heavy atom. The van der Waals surface area contributed by atoms with Gasteiger partial charge in [-0.3, -0.25) is 24.0 Å². The number of nitrogens with one attached hydrogen (secondary N) is 4. The molecular weight excluding hydrogens is 406 g/mol. The van der Waals surface area contributed by atoms with Crippen molar-refractivity contribution in [1.82, 2.24) is 21.3 Å². The number of carboxylic acid groups (broad SMARTS) is 1. The molecule has 1 rings (SSSR count). The first-order chi connectivity index (χ1) is 14.6. The Labute approximate surface area is 182 Å². The molecule has 5 atom stereocenters. The molecule has 0 aromatic heterocycles. The summed E-state index contributed by atoms with van der Waals surface area (Å²) in [4.78, 5) is 59.6. The predicted octanol–water partition coefficient (Wildman–Crippen LogP) is -1.63. The Morgan fingerprint density at radius 1 is 1.06 bits per heavy atom. The molecule has 0 spiro atoms. The van der Waals surface area contributed by atoms with Crippen molar-refractivity contribution in [3.63, 3.8) is 0 Å². The van der Waals surface area contributed by atoms with Gasteiger partial charge < -0.3 is 32.1 Å². The van der Waals surface area contributed by atoms with E-state index in [0.29, 0.717) is 25.3 Å². The molecule has 176 valence electrons. The Balaban J connectivity index is 2.48. The first-order valence-corrected chi connectivity index (χ1v) is 10.6. The quantitative estimate of drug-likeness (QED) is 0.174. The molecule has 5 unspecified atom stereocenters. The number of hydrogen-bond acceptors (Lipinski definition) is 7. The van der Waals surface area contributed by atoms with Crippen LogP contribution in [0.1, 0.15) is 39.5 Å². The first kappa shape index (κ1) is 26.5. The van der Waals surface area contributed by atoms with Crippen LogP contribution in [0.4, 0.5) is 0 Å². The van der Waals surface area contributed by atoms with Gasteiger partial charge in [-0.15, -0.1) is 0 Å². The van der Waals surface area contributed by atoms with Crippen LogP contribution in [0.2, 0.25) is 0 Å². The molecule has 11 heteroatoms. The standard InChI is InChI=1S/C20H35N5O6/c1-11-7-13(12(11)2)16(26)9-23-20(31)15(8-18(28)29)25-17(27)10-24-19(30)14(21)5-4-6-22-3/h11-15,22H,4-10,21H2,1-3H3,(H,23,31)(H,24,30)(H,25,27)(H,28,29). The number of Topliss-reactive ketones (excluding diaryl/α,β-unsaturated/α-hetero) is 1. The minimum Gasteiger partial charge on any atom is -0.481 e. The van der Waals surface area contributed by atoms with Crippen LogP contribution in [-0.4, -0.2) is 73.3 Å². The topological polar surface area (TPSA) is 180 Å². The summed E-state index contributed by atoms with van der Waals surface area (Å²) < 4.78 is 0. The fourth-order valence-corrected chi connectivity index (χ4v) is 3.44. The number of nitrogens with two attached hydrogens (primary N) is 1. The second kappa shape index (κ2) is 13.0. The van der Waals surface area contributed by atoms with Gasteiger partial charge in [0.25, 0.3) is 0 Å². The van der Waals surface area contributed by atoms with E-state index in [1.54, 1.807) is 7.05 Å². The van der Waals surface area contributed by atoms with Crippen molar-refractivity contribution in [2.24, 2.45) is 23.5 Å². The minimum absolute atomic E-state index is 0.112. The van der Waals surface area contributed by atoms with Gasteiger partial charge in [0, 0.05) is 5.92 Å². The van der Waals surface area contributed by atoms with Crippen molar-refractivity contribution in [3.8, 4) is 0 Å². The largest absolute Gasteiger partial charge is 0.481 e. The number of rotatable bonds is 14. The third-order valence-corrected chi connectivity index (χ3v) is 5.74. The molecule has 1 fully saturated rings. The van der Waals surface area contributed by atoms with Gasteiger partial charge in [-0.2, -0.15) is 0 Å². The maximum absolute atomic E-state index is 12.3. The molecular formula is C20H35N5O6. The number of amides is 3. The van der Waals surface area contributed by atoms with Crippen molar-refractivity contribution in [1.29, 1.82) is 0 Å².